The fourth-order valence-corrected chi connectivity index (χ4v) is 7.53. The lowest BCUT2D eigenvalue weighted by molar-refractivity contribution is 0.0960. The SMILES string of the molecule is C[C@H]1CCCN(S(=O)(=O)c2ccc3c(c2)nc(SCc2c(F)ccc(F)c2F)n3C[C@@H]2CCCO2)C1. The van der Waals surface area contributed by atoms with Gasteiger partial charge in [0.25, 0.3) is 0 Å². The van der Waals surface area contributed by atoms with E-state index in [-0.39, 0.29) is 22.3 Å². The van der Waals surface area contributed by atoms with Crippen molar-refractivity contribution in [2.75, 3.05) is 19.7 Å². The minimum absolute atomic E-state index is 0.0392. The summed E-state index contributed by atoms with van der Waals surface area (Å²) in [6.45, 7) is 4.16. The van der Waals surface area contributed by atoms with Crippen molar-refractivity contribution in [3.63, 3.8) is 0 Å². The Kier molecular flexibility index (Phi) is 7.35. The van der Waals surface area contributed by atoms with Crippen molar-refractivity contribution in [2.45, 2.75) is 61.1 Å². The van der Waals surface area contributed by atoms with Crippen LogP contribution in [0, 0.1) is 23.4 Å². The summed E-state index contributed by atoms with van der Waals surface area (Å²) in [4.78, 5) is 4.81. The van der Waals surface area contributed by atoms with Crippen molar-refractivity contribution in [3.05, 3.63) is 53.3 Å². The number of aromatic nitrogens is 2. The maximum Gasteiger partial charge on any atom is 0.243 e. The Morgan fingerprint density at radius 3 is 2.67 bits per heavy atom. The number of hydrogen-bond donors (Lipinski definition) is 0. The Hall–Kier alpha value is -2.08. The topological polar surface area (TPSA) is 64.4 Å². The molecule has 194 valence electrons. The standard InChI is InChI=1S/C25H28F3N3O3S2/c1-16-4-2-10-30(13-16)36(32,33)18-6-9-23-22(12-18)29-25(31(23)14-17-5-3-11-34-17)35-15-19-20(26)7-8-21(27)24(19)28/h6-9,12,16-17H,2-5,10-11,13-15H2,1H3/t16-,17-/m0/s1. The lowest BCUT2D eigenvalue weighted by Crippen LogP contribution is -2.39. The van der Waals surface area contributed by atoms with Gasteiger partial charge in [0.05, 0.1) is 28.6 Å². The smallest absolute Gasteiger partial charge is 0.243 e. The fourth-order valence-electron chi connectivity index (χ4n) is 4.88. The summed E-state index contributed by atoms with van der Waals surface area (Å²) in [6.07, 6.45) is 3.60. The second kappa shape index (κ2) is 10.4. The summed E-state index contributed by atoms with van der Waals surface area (Å²) in [5, 5.41) is 0.463. The molecule has 0 N–H and O–H groups in total. The van der Waals surface area contributed by atoms with E-state index in [1.807, 2.05) is 11.5 Å². The summed E-state index contributed by atoms with van der Waals surface area (Å²) in [5.41, 5.74) is 0.819. The molecule has 3 heterocycles. The van der Waals surface area contributed by atoms with Crippen LogP contribution in [0.25, 0.3) is 11.0 Å². The summed E-state index contributed by atoms with van der Waals surface area (Å²) in [7, 11) is -3.67. The lowest BCUT2D eigenvalue weighted by Gasteiger charge is -2.30. The van der Waals surface area contributed by atoms with Crippen LogP contribution in [0.5, 0.6) is 0 Å². The zero-order valence-electron chi connectivity index (χ0n) is 19.9. The molecule has 2 aliphatic rings. The summed E-state index contributed by atoms with van der Waals surface area (Å²) >= 11 is 1.08. The molecule has 0 spiro atoms. The van der Waals surface area contributed by atoms with Crippen LogP contribution in [0.2, 0.25) is 0 Å². The number of benzene rings is 2. The molecular formula is C25H28F3N3O3S2. The molecule has 0 aliphatic carbocycles. The largest absolute Gasteiger partial charge is 0.376 e. The summed E-state index contributed by atoms with van der Waals surface area (Å²) in [5.74, 6) is -3.02. The lowest BCUT2D eigenvalue weighted by atomic mass is 10.0. The molecular weight excluding hydrogens is 511 g/mol. The number of hydrogen-bond acceptors (Lipinski definition) is 5. The first kappa shape index (κ1) is 25.6. The zero-order valence-corrected chi connectivity index (χ0v) is 21.6. The Bertz CT molecular complexity index is 1370. The molecule has 36 heavy (non-hydrogen) atoms. The van der Waals surface area contributed by atoms with Crippen LogP contribution < -0.4 is 0 Å². The molecule has 0 radical (unpaired) electrons. The predicted molar refractivity (Wildman–Crippen MR) is 132 cm³/mol. The van der Waals surface area contributed by atoms with Crippen molar-refractivity contribution in [2.24, 2.45) is 5.92 Å². The third-order valence-corrected chi connectivity index (χ3v) is 9.70. The van der Waals surface area contributed by atoms with Crippen LogP contribution in [-0.2, 0) is 27.1 Å². The number of halogens is 3. The van der Waals surface area contributed by atoms with Crippen LogP contribution in [0.1, 0.15) is 38.2 Å². The molecule has 2 aromatic carbocycles. The number of piperidine rings is 1. The minimum Gasteiger partial charge on any atom is -0.376 e. The van der Waals surface area contributed by atoms with Crippen molar-refractivity contribution in [3.8, 4) is 0 Å². The van der Waals surface area contributed by atoms with Gasteiger partial charge in [-0.25, -0.2) is 26.6 Å². The van der Waals surface area contributed by atoms with Gasteiger partial charge in [0, 0.05) is 31.0 Å². The van der Waals surface area contributed by atoms with Gasteiger partial charge in [0.15, 0.2) is 16.8 Å². The number of sulfonamides is 1. The number of rotatable bonds is 7. The molecule has 2 aliphatic heterocycles. The normalized spacial score (nSPS) is 21.4. The van der Waals surface area contributed by atoms with Crippen LogP contribution in [0.15, 0.2) is 40.4 Å². The zero-order chi connectivity index (χ0) is 25.4. The van der Waals surface area contributed by atoms with Crippen molar-refractivity contribution in [1.29, 1.82) is 0 Å². The van der Waals surface area contributed by atoms with E-state index in [1.54, 1.807) is 18.2 Å². The molecule has 3 aromatic rings. The molecule has 2 saturated heterocycles. The number of imidazole rings is 1. The Balaban J connectivity index is 1.49. The van der Waals surface area contributed by atoms with Crippen LogP contribution in [0.3, 0.4) is 0 Å². The third kappa shape index (κ3) is 5.03. The molecule has 11 heteroatoms. The van der Waals surface area contributed by atoms with Gasteiger partial charge in [-0.3, -0.25) is 0 Å². The highest BCUT2D eigenvalue weighted by Crippen LogP contribution is 2.32. The van der Waals surface area contributed by atoms with Gasteiger partial charge < -0.3 is 9.30 Å². The maximum absolute atomic E-state index is 14.2. The van der Waals surface area contributed by atoms with Crippen molar-refractivity contribution < 1.29 is 26.3 Å². The number of fused-ring (bicyclic) bond motifs is 1. The number of thioether (sulfide) groups is 1. The molecule has 6 nitrogen and oxygen atoms in total. The van der Waals surface area contributed by atoms with E-state index >= 15 is 0 Å². The first-order valence-corrected chi connectivity index (χ1v) is 14.5. The van der Waals surface area contributed by atoms with E-state index < -0.39 is 27.5 Å². The van der Waals surface area contributed by atoms with Gasteiger partial charge in [-0.15, -0.1) is 0 Å². The molecule has 2 fully saturated rings. The van der Waals surface area contributed by atoms with E-state index in [1.165, 1.54) is 4.31 Å². The quantitative estimate of drug-likeness (QED) is 0.299. The van der Waals surface area contributed by atoms with Crippen LogP contribution in [0.4, 0.5) is 13.2 Å². The van der Waals surface area contributed by atoms with Gasteiger partial charge in [-0.2, -0.15) is 4.31 Å². The average molecular weight is 540 g/mol. The van der Waals surface area contributed by atoms with Gasteiger partial charge in [-0.1, -0.05) is 18.7 Å². The second-order valence-electron chi connectivity index (χ2n) is 9.51. The van der Waals surface area contributed by atoms with E-state index in [9.17, 15) is 21.6 Å². The molecule has 0 bridgehead atoms. The molecule has 1 aromatic heterocycles. The molecule has 2 atom stereocenters. The van der Waals surface area contributed by atoms with Crippen molar-refractivity contribution >= 4 is 32.8 Å². The number of nitrogens with zero attached hydrogens (tertiary/aromatic N) is 3. The highest BCUT2D eigenvalue weighted by molar-refractivity contribution is 7.98. The van der Waals surface area contributed by atoms with Crippen molar-refractivity contribution in [1.82, 2.24) is 13.9 Å². The van der Waals surface area contributed by atoms with Crippen LogP contribution >= 0.6 is 11.8 Å². The van der Waals surface area contributed by atoms with E-state index in [2.05, 4.69) is 4.98 Å². The third-order valence-electron chi connectivity index (χ3n) is 6.84. The maximum atomic E-state index is 14.2. The predicted octanol–water partition coefficient (Wildman–Crippen LogP) is 5.35. The minimum atomic E-state index is -3.67. The first-order chi connectivity index (χ1) is 17.2. The Morgan fingerprint density at radius 1 is 1.11 bits per heavy atom. The van der Waals surface area contributed by atoms with Crippen LogP contribution in [-0.4, -0.2) is 48.1 Å². The highest BCUT2D eigenvalue weighted by atomic mass is 32.2. The molecule has 5 rings (SSSR count). The molecule has 0 saturated carbocycles. The van der Waals surface area contributed by atoms with E-state index in [4.69, 9.17) is 4.74 Å². The second-order valence-corrected chi connectivity index (χ2v) is 12.4. The van der Waals surface area contributed by atoms with Gasteiger partial charge in [-0.05, 0) is 61.9 Å². The van der Waals surface area contributed by atoms with Gasteiger partial charge in [0.2, 0.25) is 10.0 Å². The van der Waals surface area contributed by atoms with Gasteiger partial charge in [0.1, 0.15) is 5.82 Å². The Labute approximate surface area is 212 Å². The Morgan fingerprint density at radius 2 is 1.92 bits per heavy atom. The van der Waals surface area contributed by atoms with Gasteiger partial charge >= 0.3 is 0 Å². The van der Waals surface area contributed by atoms with E-state index in [0.29, 0.717) is 48.3 Å². The molecule has 0 amide bonds. The molecule has 0 unspecified atom stereocenters. The fraction of sp³-hybridized carbons (Fsp3) is 0.480. The monoisotopic (exact) mass is 539 g/mol. The van der Waals surface area contributed by atoms with E-state index in [0.717, 1.165) is 49.6 Å². The number of ether oxygens (including phenoxy) is 1. The highest BCUT2D eigenvalue weighted by Gasteiger charge is 2.30. The first-order valence-electron chi connectivity index (χ1n) is 12.1. The summed E-state index contributed by atoms with van der Waals surface area (Å²) < 4.78 is 78.0. The summed E-state index contributed by atoms with van der Waals surface area (Å²) in [6, 6.07) is 6.54. The average Bonchev–Trinajstić information content (AvgIpc) is 3.49.